The molecule has 0 N–H and O–H groups in total. The number of fused-ring (bicyclic) bond motifs is 2. The van der Waals surface area contributed by atoms with Crippen molar-refractivity contribution in [1.29, 1.82) is 0 Å². The van der Waals surface area contributed by atoms with Crippen molar-refractivity contribution < 1.29 is 24.0 Å². The van der Waals surface area contributed by atoms with E-state index in [4.69, 9.17) is 4.74 Å². The first-order chi connectivity index (χ1) is 15.0. The molecule has 2 aromatic rings. The second kappa shape index (κ2) is 8.59. The molecule has 0 spiro atoms. The number of hydrogen-bond acceptors (Lipinski definition) is 6. The van der Waals surface area contributed by atoms with E-state index in [9.17, 15) is 19.7 Å². The highest BCUT2D eigenvalue weighted by atomic mass is 16.6. The van der Waals surface area contributed by atoms with Gasteiger partial charge in [0.05, 0.1) is 29.2 Å². The lowest BCUT2D eigenvalue weighted by Gasteiger charge is -2.33. The van der Waals surface area contributed by atoms with Gasteiger partial charge in [-0.2, -0.15) is 0 Å². The number of benzene rings is 2. The molecule has 31 heavy (non-hydrogen) atoms. The first-order valence-electron chi connectivity index (χ1n) is 10.0. The minimum absolute atomic E-state index is 0.0758. The lowest BCUT2D eigenvalue weighted by Crippen LogP contribution is -2.43. The Morgan fingerprint density at radius 3 is 2.61 bits per heavy atom. The van der Waals surface area contributed by atoms with E-state index in [1.54, 1.807) is 11.0 Å². The lowest BCUT2D eigenvalue weighted by molar-refractivity contribution is -0.385. The normalized spacial score (nSPS) is 19.5. The summed E-state index contributed by atoms with van der Waals surface area (Å²) >= 11 is 0. The number of carbonyl (C=O) groups excluding carboxylic acids is 2. The molecule has 2 heterocycles. The minimum Gasteiger partial charge on any atom is -0.465 e. The van der Waals surface area contributed by atoms with Crippen LogP contribution < -0.4 is 0 Å². The van der Waals surface area contributed by atoms with Crippen molar-refractivity contribution in [2.45, 2.75) is 38.0 Å². The Morgan fingerprint density at radius 2 is 1.94 bits per heavy atom. The quantitative estimate of drug-likeness (QED) is 0.404. The zero-order chi connectivity index (χ0) is 22.0. The van der Waals surface area contributed by atoms with Crippen LogP contribution >= 0.6 is 0 Å². The first-order valence-corrected chi connectivity index (χ1v) is 10.0. The summed E-state index contributed by atoms with van der Waals surface area (Å²) in [6, 6.07) is 13.6. The van der Waals surface area contributed by atoms with Gasteiger partial charge in [-0.15, -0.1) is 0 Å². The number of rotatable bonds is 5. The van der Waals surface area contributed by atoms with Crippen LogP contribution in [0.4, 0.5) is 10.5 Å². The molecule has 8 nitrogen and oxygen atoms in total. The minimum atomic E-state index is -0.625. The highest BCUT2D eigenvalue weighted by molar-refractivity contribution is 5.91. The summed E-state index contributed by atoms with van der Waals surface area (Å²) in [5.74, 6) is -0.625. The summed E-state index contributed by atoms with van der Waals surface area (Å²) in [6.45, 7) is 0.201. The van der Waals surface area contributed by atoms with Crippen LogP contribution in [0, 0.1) is 10.1 Å². The van der Waals surface area contributed by atoms with E-state index in [0.717, 1.165) is 24.0 Å². The molecule has 1 saturated heterocycles. The molecule has 2 atom stereocenters. The van der Waals surface area contributed by atoms with Crippen molar-refractivity contribution in [2.75, 3.05) is 7.11 Å². The predicted octanol–water partition coefficient (Wildman–Crippen LogP) is 4.34. The van der Waals surface area contributed by atoms with Crippen molar-refractivity contribution in [2.24, 2.45) is 0 Å². The fraction of sp³-hybridized carbons (Fsp3) is 0.304. The number of esters is 1. The van der Waals surface area contributed by atoms with Crippen LogP contribution in [-0.4, -0.2) is 41.1 Å². The molecule has 4 rings (SSSR count). The van der Waals surface area contributed by atoms with Crippen molar-refractivity contribution in [3.63, 3.8) is 0 Å². The van der Waals surface area contributed by atoms with Crippen LogP contribution in [0.2, 0.25) is 0 Å². The average molecular weight is 422 g/mol. The Kier molecular flexibility index (Phi) is 5.70. The summed E-state index contributed by atoms with van der Waals surface area (Å²) in [6.07, 6.45) is 3.62. The zero-order valence-electron chi connectivity index (χ0n) is 17.0. The summed E-state index contributed by atoms with van der Waals surface area (Å²) < 4.78 is 10.2. The molecule has 0 aromatic heterocycles. The Bertz CT molecular complexity index is 1050. The van der Waals surface area contributed by atoms with Crippen LogP contribution in [0.5, 0.6) is 0 Å². The summed E-state index contributed by atoms with van der Waals surface area (Å²) in [7, 11) is 1.23. The standard InChI is InChI=1S/C23H22N2O6/c1-30-22(26)16-7-10-20(21(13-16)25(28)29)17-11-18-8-9-19(12-17)24(18)23(27)31-14-15-5-3-2-4-6-15/h2-7,10-11,13,18-19H,8-9,12,14H2,1H3. The molecule has 0 radical (unpaired) electrons. The lowest BCUT2D eigenvalue weighted by atomic mass is 9.93. The van der Waals surface area contributed by atoms with Crippen molar-refractivity contribution in [3.8, 4) is 0 Å². The molecule has 2 aromatic carbocycles. The fourth-order valence-electron chi connectivity index (χ4n) is 4.31. The second-order valence-electron chi connectivity index (χ2n) is 7.62. The summed E-state index contributed by atoms with van der Waals surface area (Å²) in [5.41, 5.74) is 2.17. The largest absolute Gasteiger partial charge is 0.465 e. The number of amides is 1. The number of ether oxygens (including phenoxy) is 2. The van der Waals surface area contributed by atoms with Gasteiger partial charge >= 0.3 is 12.1 Å². The van der Waals surface area contributed by atoms with Gasteiger partial charge in [0.25, 0.3) is 5.69 Å². The van der Waals surface area contributed by atoms with E-state index in [1.807, 2.05) is 36.4 Å². The van der Waals surface area contributed by atoms with Gasteiger partial charge < -0.3 is 9.47 Å². The van der Waals surface area contributed by atoms with Gasteiger partial charge in [0.1, 0.15) is 6.61 Å². The number of nitrogens with zero attached hydrogens (tertiary/aromatic N) is 2. The van der Waals surface area contributed by atoms with Crippen molar-refractivity contribution >= 4 is 23.3 Å². The number of hydrogen-bond donors (Lipinski definition) is 0. The maximum absolute atomic E-state index is 12.7. The average Bonchev–Trinajstić information content (AvgIpc) is 3.06. The van der Waals surface area contributed by atoms with E-state index < -0.39 is 10.9 Å². The maximum Gasteiger partial charge on any atom is 0.410 e. The molecular formula is C23H22N2O6. The predicted molar refractivity (Wildman–Crippen MR) is 112 cm³/mol. The SMILES string of the molecule is COC(=O)c1ccc(C2=CC3CCC(C2)N3C(=O)OCc2ccccc2)c([N+](=O)[O-])c1. The van der Waals surface area contributed by atoms with Crippen molar-refractivity contribution in [1.82, 2.24) is 4.90 Å². The molecule has 1 fully saturated rings. The second-order valence-corrected chi connectivity index (χ2v) is 7.62. The van der Waals surface area contributed by atoms with Gasteiger partial charge in [0, 0.05) is 12.1 Å². The molecular weight excluding hydrogens is 400 g/mol. The number of carbonyl (C=O) groups is 2. The summed E-state index contributed by atoms with van der Waals surface area (Å²) in [4.78, 5) is 37.4. The molecule has 0 aliphatic carbocycles. The molecule has 2 aliphatic rings. The van der Waals surface area contributed by atoms with Crippen LogP contribution in [0.15, 0.2) is 54.6 Å². The van der Waals surface area contributed by atoms with Gasteiger partial charge in [0.15, 0.2) is 0 Å². The van der Waals surface area contributed by atoms with E-state index in [1.165, 1.54) is 19.2 Å². The number of methoxy groups -OCH3 is 1. The topological polar surface area (TPSA) is 99.0 Å². The molecule has 2 aliphatic heterocycles. The van der Waals surface area contributed by atoms with Gasteiger partial charge in [-0.25, -0.2) is 9.59 Å². The van der Waals surface area contributed by atoms with E-state index in [0.29, 0.717) is 12.0 Å². The van der Waals surface area contributed by atoms with Gasteiger partial charge in [0.2, 0.25) is 0 Å². The van der Waals surface area contributed by atoms with E-state index >= 15 is 0 Å². The zero-order valence-corrected chi connectivity index (χ0v) is 17.0. The van der Waals surface area contributed by atoms with Crippen molar-refractivity contribution in [3.05, 3.63) is 81.4 Å². The Morgan fingerprint density at radius 1 is 1.16 bits per heavy atom. The Labute approximate surface area is 179 Å². The Balaban J connectivity index is 1.54. The molecule has 1 amide bonds. The van der Waals surface area contributed by atoms with E-state index in [2.05, 4.69) is 4.74 Å². The van der Waals surface area contributed by atoms with Gasteiger partial charge in [-0.05, 0) is 42.5 Å². The highest BCUT2D eigenvalue weighted by Gasteiger charge is 2.41. The van der Waals surface area contributed by atoms with Crippen LogP contribution in [0.1, 0.15) is 40.7 Å². The van der Waals surface area contributed by atoms with Gasteiger partial charge in [-0.3, -0.25) is 15.0 Å². The third kappa shape index (κ3) is 4.14. The van der Waals surface area contributed by atoms with E-state index in [-0.39, 0.29) is 36.0 Å². The molecule has 160 valence electrons. The highest BCUT2D eigenvalue weighted by Crippen LogP contribution is 2.41. The molecule has 8 heteroatoms. The molecule has 2 unspecified atom stereocenters. The number of nitro benzene ring substituents is 1. The summed E-state index contributed by atoms with van der Waals surface area (Å²) in [5, 5.41) is 11.6. The Hall–Kier alpha value is -3.68. The third-order valence-corrected chi connectivity index (χ3v) is 5.77. The van der Waals surface area contributed by atoms with Crippen LogP contribution in [0.25, 0.3) is 5.57 Å². The molecule has 0 saturated carbocycles. The smallest absolute Gasteiger partial charge is 0.410 e. The third-order valence-electron chi connectivity index (χ3n) is 5.77. The number of nitro groups is 1. The molecule has 2 bridgehead atoms. The van der Waals surface area contributed by atoms with Crippen LogP contribution in [-0.2, 0) is 16.1 Å². The maximum atomic E-state index is 12.7. The first kappa shape index (κ1) is 20.6. The van der Waals surface area contributed by atoms with Gasteiger partial charge in [-0.1, -0.05) is 36.4 Å². The monoisotopic (exact) mass is 422 g/mol. The fourth-order valence-corrected chi connectivity index (χ4v) is 4.31. The van der Waals surface area contributed by atoms with Crippen LogP contribution in [0.3, 0.4) is 0 Å².